The summed E-state index contributed by atoms with van der Waals surface area (Å²) >= 11 is 3.28. The van der Waals surface area contributed by atoms with Crippen LogP contribution in [0.15, 0.2) is 17.0 Å². The molecule has 1 unspecified atom stereocenters. The van der Waals surface area contributed by atoms with Crippen LogP contribution in [-0.4, -0.2) is 23.1 Å². The minimum Gasteiger partial charge on any atom is -0.356 e. The molecule has 0 saturated heterocycles. The number of aromatic nitrogens is 2. The van der Waals surface area contributed by atoms with Gasteiger partial charge in [-0.05, 0) is 22.9 Å². The standard InChI is InChI=1S/C9H11BrN4/c1-7(3-4-11)14(2)9-5-8(10)12-6-13-9/h5-7H,3H2,1-2H3. The monoisotopic (exact) mass is 254 g/mol. The van der Waals surface area contributed by atoms with Gasteiger partial charge in [0.15, 0.2) is 0 Å². The van der Waals surface area contributed by atoms with Crippen molar-refractivity contribution >= 4 is 21.7 Å². The van der Waals surface area contributed by atoms with Gasteiger partial charge in [0.1, 0.15) is 16.7 Å². The largest absolute Gasteiger partial charge is 0.356 e. The lowest BCUT2D eigenvalue weighted by molar-refractivity contribution is 0.692. The van der Waals surface area contributed by atoms with E-state index in [1.807, 2.05) is 24.9 Å². The molecule has 0 saturated carbocycles. The number of rotatable bonds is 3. The first-order valence-electron chi connectivity index (χ1n) is 4.22. The van der Waals surface area contributed by atoms with Crippen LogP contribution in [0.1, 0.15) is 13.3 Å². The predicted molar refractivity (Wildman–Crippen MR) is 57.8 cm³/mol. The fraction of sp³-hybridized carbons (Fsp3) is 0.444. The molecule has 1 aromatic heterocycles. The van der Waals surface area contributed by atoms with E-state index < -0.39 is 0 Å². The van der Waals surface area contributed by atoms with Crippen molar-refractivity contribution in [3.63, 3.8) is 0 Å². The third kappa shape index (κ3) is 2.67. The van der Waals surface area contributed by atoms with Crippen LogP contribution in [0.4, 0.5) is 5.82 Å². The molecule has 0 spiro atoms. The lowest BCUT2D eigenvalue weighted by atomic mass is 10.2. The molecule has 0 aromatic carbocycles. The Morgan fingerprint density at radius 2 is 2.36 bits per heavy atom. The number of nitrogens with zero attached hydrogens (tertiary/aromatic N) is 4. The van der Waals surface area contributed by atoms with E-state index in [9.17, 15) is 0 Å². The van der Waals surface area contributed by atoms with Gasteiger partial charge in [0.2, 0.25) is 0 Å². The maximum absolute atomic E-state index is 8.57. The van der Waals surface area contributed by atoms with Crippen molar-refractivity contribution in [2.45, 2.75) is 19.4 Å². The third-order valence-electron chi connectivity index (χ3n) is 2.03. The molecule has 5 heteroatoms. The third-order valence-corrected chi connectivity index (χ3v) is 2.46. The fourth-order valence-electron chi connectivity index (χ4n) is 1.01. The van der Waals surface area contributed by atoms with Crippen LogP contribution in [0.5, 0.6) is 0 Å². The predicted octanol–water partition coefficient (Wildman–Crippen LogP) is 1.98. The second kappa shape index (κ2) is 4.91. The van der Waals surface area contributed by atoms with E-state index in [0.717, 1.165) is 10.4 Å². The molecule has 0 amide bonds. The normalized spacial score (nSPS) is 11.9. The summed E-state index contributed by atoms with van der Waals surface area (Å²) in [6, 6.07) is 4.12. The SMILES string of the molecule is CC(CC#N)N(C)c1cc(Br)ncn1. The summed E-state index contributed by atoms with van der Waals surface area (Å²) < 4.78 is 0.749. The lowest BCUT2D eigenvalue weighted by Crippen LogP contribution is -2.29. The Labute approximate surface area is 91.7 Å². The average Bonchev–Trinajstić information content (AvgIpc) is 2.17. The molecule has 14 heavy (non-hydrogen) atoms. The Morgan fingerprint density at radius 1 is 1.64 bits per heavy atom. The minimum absolute atomic E-state index is 0.154. The summed E-state index contributed by atoms with van der Waals surface area (Å²) in [5.41, 5.74) is 0. The Morgan fingerprint density at radius 3 is 2.93 bits per heavy atom. The summed E-state index contributed by atoms with van der Waals surface area (Å²) in [7, 11) is 1.91. The van der Waals surface area contributed by atoms with Crippen LogP contribution < -0.4 is 4.90 Å². The van der Waals surface area contributed by atoms with Crippen molar-refractivity contribution in [2.24, 2.45) is 0 Å². The highest BCUT2D eigenvalue weighted by molar-refractivity contribution is 9.10. The molecule has 1 atom stereocenters. The van der Waals surface area contributed by atoms with Gasteiger partial charge in [-0.1, -0.05) is 0 Å². The second-order valence-corrected chi connectivity index (χ2v) is 3.83. The summed E-state index contributed by atoms with van der Waals surface area (Å²) in [4.78, 5) is 10.0. The molecule has 1 aromatic rings. The lowest BCUT2D eigenvalue weighted by Gasteiger charge is -2.23. The van der Waals surface area contributed by atoms with Gasteiger partial charge >= 0.3 is 0 Å². The van der Waals surface area contributed by atoms with Crippen molar-refractivity contribution in [1.82, 2.24) is 9.97 Å². The van der Waals surface area contributed by atoms with Crippen molar-refractivity contribution in [3.05, 3.63) is 17.0 Å². The van der Waals surface area contributed by atoms with Gasteiger partial charge in [-0.2, -0.15) is 5.26 Å². The molecule has 1 rings (SSSR count). The van der Waals surface area contributed by atoms with Crippen LogP contribution in [0.3, 0.4) is 0 Å². The highest BCUT2D eigenvalue weighted by atomic mass is 79.9. The molecular weight excluding hydrogens is 244 g/mol. The maximum Gasteiger partial charge on any atom is 0.133 e. The molecule has 0 aliphatic carbocycles. The van der Waals surface area contributed by atoms with Gasteiger partial charge in [0, 0.05) is 19.2 Å². The van der Waals surface area contributed by atoms with E-state index in [-0.39, 0.29) is 6.04 Å². The van der Waals surface area contributed by atoms with E-state index in [1.54, 1.807) is 0 Å². The molecule has 74 valence electrons. The van der Waals surface area contributed by atoms with Crippen LogP contribution >= 0.6 is 15.9 Å². The zero-order valence-corrected chi connectivity index (χ0v) is 9.69. The zero-order chi connectivity index (χ0) is 10.6. The van der Waals surface area contributed by atoms with Crippen LogP contribution in [-0.2, 0) is 0 Å². The van der Waals surface area contributed by atoms with Crippen molar-refractivity contribution in [2.75, 3.05) is 11.9 Å². The van der Waals surface area contributed by atoms with Gasteiger partial charge in [-0.25, -0.2) is 9.97 Å². The van der Waals surface area contributed by atoms with E-state index in [4.69, 9.17) is 5.26 Å². The number of anilines is 1. The molecule has 0 radical (unpaired) electrons. The highest BCUT2D eigenvalue weighted by Gasteiger charge is 2.10. The number of nitriles is 1. The van der Waals surface area contributed by atoms with Gasteiger partial charge in [-0.3, -0.25) is 0 Å². The zero-order valence-electron chi connectivity index (χ0n) is 8.11. The summed E-state index contributed by atoms with van der Waals surface area (Å²) in [6.07, 6.45) is 1.98. The highest BCUT2D eigenvalue weighted by Crippen LogP contribution is 2.16. The van der Waals surface area contributed by atoms with Crippen LogP contribution in [0.25, 0.3) is 0 Å². The molecule has 0 N–H and O–H groups in total. The first-order valence-corrected chi connectivity index (χ1v) is 5.01. The van der Waals surface area contributed by atoms with Crippen molar-refractivity contribution in [1.29, 1.82) is 5.26 Å². The summed E-state index contributed by atoms with van der Waals surface area (Å²) in [5, 5.41) is 8.57. The van der Waals surface area contributed by atoms with Crippen molar-refractivity contribution < 1.29 is 0 Å². The first-order chi connectivity index (χ1) is 6.65. The van der Waals surface area contributed by atoms with Gasteiger partial charge in [0.05, 0.1) is 12.5 Å². The number of hydrogen-bond acceptors (Lipinski definition) is 4. The van der Waals surface area contributed by atoms with Crippen LogP contribution in [0.2, 0.25) is 0 Å². The molecule has 0 aliphatic rings. The molecule has 1 heterocycles. The number of halogens is 1. The topological polar surface area (TPSA) is 52.8 Å². The van der Waals surface area contributed by atoms with Crippen molar-refractivity contribution in [3.8, 4) is 6.07 Å². The summed E-state index contributed by atoms with van der Waals surface area (Å²) in [5.74, 6) is 0.814. The maximum atomic E-state index is 8.57. The fourth-order valence-corrected chi connectivity index (χ4v) is 1.31. The molecule has 4 nitrogen and oxygen atoms in total. The Hall–Kier alpha value is -1.15. The summed E-state index contributed by atoms with van der Waals surface area (Å²) in [6.45, 7) is 1.99. The Bertz CT molecular complexity index is 347. The minimum atomic E-state index is 0.154. The molecule has 0 aliphatic heterocycles. The second-order valence-electron chi connectivity index (χ2n) is 3.02. The van der Waals surface area contributed by atoms with E-state index in [2.05, 4.69) is 32.0 Å². The molecule has 0 fully saturated rings. The van der Waals surface area contributed by atoms with Gasteiger partial charge in [-0.15, -0.1) is 0 Å². The Balaban J connectivity index is 2.79. The molecule has 0 bridgehead atoms. The van der Waals surface area contributed by atoms with Crippen LogP contribution in [0, 0.1) is 11.3 Å². The smallest absolute Gasteiger partial charge is 0.133 e. The quantitative estimate of drug-likeness (QED) is 0.775. The first kappa shape index (κ1) is 10.9. The van der Waals surface area contributed by atoms with E-state index in [1.165, 1.54) is 6.33 Å². The van der Waals surface area contributed by atoms with Gasteiger partial charge < -0.3 is 4.90 Å². The average molecular weight is 255 g/mol. The van der Waals surface area contributed by atoms with Gasteiger partial charge in [0.25, 0.3) is 0 Å². The Kier molecular flexibility index (Phi) is 3.84. The van der Waals surface area contributed by atoms with E-state index >= 15 is 0 Å². The van der Waals surface area contributed by atoms with E-state index in [0.29, 0.717) is 6.42 Å². The molecular formula is C9H11BrN4. The number of hydrogen-bond donors (Lipinski definition) is 0.